The molecule has 1 aliphatic rings. The Morgan fingerprint density at radius 3 is 2.67 bits per heavy atom. The van der Waals surface area contributed by atoms with Crippen LogP contribution in [-0.4, -0.2) is 22.8 Å². The van der Waals surface area contributed by atoms with E-state index in [0.717, 1.165) is 29.8 Å². The molecule has 0 spiro atoms. The first kappa shape index (κ1) is 20.3. The van der Waals surface area contributed by atoms with Crippen molar-refractivity contribution in [3.63, 3.8) is 0 Å². The quantitative estimate of drug-likeness (QED) is 0.319. The lowest BCUT2D eigenvalue weighted by atomic mass is 10.1. The maximum absolute atomic E-state index is 11.5. The van der Waals surface area contributed by atoms with Gasteiger partial charge in [-0.2, -0.15) is 0 Å². The standard InChI is InChI=1S/C24H29N3O3/c1-17-8-7-9-18(14-17)16-25-23-26-21-15-20(30-24(28)29-2)12-13-22(21)27(23)19-10-5-3-4-6-11-19/h7-9,12-15,19H,3-6,10-11,16H2,1-2H3,(H,25,26). The van der Waals surface area contributed by atoms with Gasteiger partial charge in [0.25, 0.3) is 0 Å². The monoisotopic (exact) mass is 407 g/mol. The molecule has 0 aliphatic heterocycles. The van der Waals surface area contributed by atoms with Crippen LogP contribution in [0.5, 0.6) is 5.75 Å². The minimum absolute atomic E-state index is 0.421. The molecule has 1 fully saturated rings. The largest absolute Gasteiger partial charge is 0.513 e. The minimum atomic E-state index is -0.727. The van der Waals surface area contributed by atoms with Gasteiger partial charge in [0.05, 0.1) is 18.1 Å². The molecular formula is C24H29N3O3. The topological polar surface area (TPSA) is 65.4 Å². The first-order valence-corrected chi connectivity index (χ1v) is 10.7. The smallest absolute Gasteiger partial charge is 0.437 e. The van der Waals surface area contributed by atoms with Gasteiger partial charge in [0.1, 0.15) is 5.75 Å². The molecule has 158 valence electrons. The van der Waals surface area contributed by atoms with E-state index in [1.54, 1.807) is 12.1 Å². The van der Waals surface area contributed by atoms with Crippen LogP contribution < -0.4 is 10.1 Å². The van der Waals surface area contributed by atoms with Crippen LogP contribution in [-0.2, 0) is 11.3 Å². The van der Waals surface area contributed by atoms with Crippen molar-refractivity contribution in [2.45, 2.75) is 58.0 Å². The van der Waals surface area contributed by atoms with Crippen molar-refractivity contribution in [1.82, 2.24) is 9.55 Å². The molecule has 1 aromatic heterocycles. The number of aryl methyl sites for hydroxylation is 1. The highest BCUT2D eigenvalue weighted by atomic mass is 16.7. The summed E-state index contributed by atoms with van der Waals surface area (Å²) in [7, 11) is 1.30. The third-order valence-electron chi connectivity index (χ3n) is 5.75. The van der Waals surface area contributed by atoms with Gasteiger partial charge in [-0.15, -0.1) is 0 Å². The van der Waals surface area contributed by atoms with E-state index in [0.29, 0.717) is 18.3 Å². The average molecular weight is 408 g/mol. The number of methoxy groups -OCH3 is 1. The Balaban J connectivity index is 1.68. The number of rotatable bonds is 5. The van der Waals surface area contributed by atoms with E-state index in [1.165, 1.54) is 43.9 Å². The third-order valence-corrected chi connectivity index (χ3v) is 5.75. The predicted octanol–water partition coefficient (Wildman–Crippen LogP) is 6.00. The van der Waals surface area contributed by atoms with Crippen molar-refractivity contribution in [3.8, 4) is 5.75 Å². The summed E-state index contributed by atoms with van der Waals surface area (Å²) in [6.07, 6.45) is 6.67. The number of aromatic nitrogens is 2. The second-order valence-corrected chi connectivity index (χ2v) is 8.00. The van der Waals surface area contributed by atoms with Gasteiger partial charge in [-0.3, -0.25) is 0 Å². The molecule has 30 heavy (non-hydrogen) atoms. The van der Waals surface area contributed by atoms with E-state index in [1.807, 2.05) is 6.07 Å². The lowest BCUT2D eigenvalue weighted by molar-refractivity contribution is 0.121. The molecule has 4 rings (SSSR count). The fraction of sp³-hybridized carbons (Fsp3) is 0.417. The summed E-state index contributed by atoms with van der Waals surface area (Å²) in [5.74, 6) is 1.30. The lowest BCUT2D eigenvalue weighted by Crippen LogP contribution is -2.13. The molecule has 0 unspecified atom stereocenters. The van der Waals surface area contributed by atoms with Crippen LogP contribution in [0.1, 0.15) is 55.7 Å². The number of imidazole rings is 1. The number of anilines is 1. The second-order valence-electron chi connectivity index (χ2n) is 8.00. The number of hydrogen-bond acceptors (Lipinski definition) is 5. The number of carbonyl (C=O) groups excluding carboxylic acids is 1. The van der Waals surface area contributed by atoms with Gasteiger partial charge in [-0.25, -0.2) is 9.78 Å². The summed E-state index contributed by atoms with van der Waals surface area (Å²) >= 11 is 0. The molecule has 6 heteroatoms. The summed E-state index contributed by atoms with van der Waals surface area (Å²) < 4.78 is 12.1. The van der Waals surface area contributed by atoms with Gasteiger partial charge in [-0.05, 0) is 37.5 Å². The molecule has 0 amide bonds. The molecule has 0 atom stereocenters. The SMILES string of the molecule is COC(=O)Oc1ccc2c(c1)nc(NCc1cccc(C)c1)n2C1CCCCCC1. The highest BCUT2D eigenvalue weighted by Crippen LogP contribution is 2.34. The van der Waals surface area contributed by atoms with Crippen LogP contribution in [0.15, 0.2) is 42.5 Å². The summed E-state index contributed by atoms with van der Waals surface area (Å²) in [6.45, 7) is 2.82. The molecule has 1 heterocycles. The zero-order valence-corrected chi connectivity index (χ0v) is 17.7. The number of ether oxygens (including phenoxy) is 2. The molecule has 1 aliphatic carbocycles. The van der Waals surface area contributed by atoms with Gasteiger partial charge in [-0.1, -0.05) is 55.5 Å². The molecule has 3 aromatic rings. The third kappa shape index (κ3) is 4.58. The Labute approximate surface area is 177 Å². The Hall–Kier alpha value is -3.02. The van der Waals surface area contributed by atoms with Crippen LogP contribution in [0.25, 0.3) is 11.0 Å². The van der Waals surface area contributed by atoms with Crippen LogP contribution in [0, 0.1) is 6.92 Å². The van der Waals surface area contributed by atoms with Gasteiger partial charge in [0, 0.05) is 18.7 Å². The molecule has 6 nitrogen and oxygen atoms in total. The fourth-order valence-electron chi connectivity index (χ4n) is 4.29. The normalized spacial score (nSPS) is 15.0. The van der Waals surface area contributed by atoms with Crippen LogP contribution in [0.4, 0.5) is 10.7 Å². The fourth-order valence-corrected chi connectivity index (χ4v) is 4.29. The van der Waals surface area contributed by atoms with Crippen molar-refractivity contribution >= 4 is 23.1 Å². The van der Waals surface area contributed by atoms with E-state index < -0.39 is 6.16 Å². The Morgan fingerprint density at radius 1 is 1.13 bits per heavy atom. The van der Waals surface area contributed by atoms with Crippen LogP contribution in [0.3, 0.4) is 0 Å². The van der Waals surface area contributed by atoms with Crippen molar-refractivity contribution in [2.75, 3.05) is 12.4 Å². The van der Waals surface area contributed by atoms with E-state index in [9.17, 15) is 4.79 Å². The highest BCUT2D eigenvalue weighted by Gasteiger charge is 2.21. The van der Waals surface area contributed by atoms with E-state index >= 15 is 0 Å². The Bertz CT molecular complexity index is 1020. The first-order valence-electron chi connectivity index (χ1n) is 10.7. The summed E-state index contributed by atoms with van der Waals surface area (Å²) in [5, 5.41) is 3.55. The van der Waals surface area contributed by atoms with Gasteiger partial charge < -0.3 is 19.4 Å². The van der Waals surface area contributed by atoms with Crippen molar-refractivity contribution in [1.29, 1.82) is 0 Å². The first-order chi connectivity index (χ1) is 14.6. The second kappa shape index (κ2) is 9.20. The molecule has 0 radical (unpaired) electrons. The van der Waals surface area contributed by atoms with Gasteiger partial charge >= 0.3 is 6.16 Å². The van der Waals surface area contributed by atoms with Crippen molar-refractivity contribution in [3.05, 3.63) is 53.6 Å². The molecule has 0 bridgehead atoms. The number of hydrogen-bond donors (Lipinski definition) is 1. The van der Waals surface area contributed by atoms with Gasteiger partial charge in [0.15, 0.2) is 0 Å². The maximum atomic E-state index is 11.5. The number of carbonyl (C=O) groups is 1. The number of nitrogens with one attached hydrogen (secondary N) is 1. The number of benzene rings is 2. The highest BCUT2D eigenvalue weighted by molar-refractivity contribution is 5.81. The van der Waals surface area contributed by atoms with Gasteiger partial charge in [0.2, 0.25) is 5.95 Å². The molecule has 1 saturated carbocycles. The molecule has 0 saturated heterocycles. The lowest BCUT2D eigenvalue weighted by Gasteiger charge is -2.20. The summed E-state index contributed by atoms with van der Waals surface area (Å²) in [6, 6.07) is 14.5. The Morgan fingerprint density at radius 2 is 1.93 bits per heavy atom. The zero-order chi connectivity index (χ0) is 20.9. The van der Waals surface area contributed by atoms with Crippen LogP contribution >= 0.6 is 0 Å². The van der Waals surface area contributed by atoms with E-state index in [-0.39, 0.29) is 0 Å². The maximum Gasteiger partial charge on any atom is 0.513 e. The van der Waals surface area contributed by atoms with Crippen molar-refractivity contribution < 1.29 is 14.3 Å². The van der Waals surface area contributed by atoms with E-state index in [4.69, 9.17) is 9.72 Å². The zero-order valence-electron chi connectivity index (χ0n) is 17.7. The molecule has 1 N–H and O–H groups in total. The van der Waals surface area contributed by atoms with Crippen molar-refractivity contribution in [2.24, 2.45) is 0 Å². The molecule has 2 aromatic carbocycles. The number of nitrogens with zero attached hydrogens (tertiary/aromatic N) is 2. The van der Waals surface area contributed by atoms with E-state index in [2.05, 4.69) is 45.8 Å². The minimum Gasteiger partial charge on any atom is -0.437 e. The summed E-state index contributed by atoms with van der Waals surface area (Å²) in [5.41, 5.74) is 4.35. The number of fused-ring (bicyclic) bond motifs is 1. The predicted molar refractivity (Wildman–Crippen MR) is 118 cm³/mol. The molecular weight excluding hydrogens is 378 g/mol. The average Bonchev–Trinajstić information content (AvgIpc) is 2.90. The van der Waals surface area contributed by atoms with Crippen LogP contribution in [0.2, 0.25) is 0 Å². The Kier molecular flexibility index (Phi) is 6.21. The summed E-state index contributed by atoms with van der Waals surface area (Å²) in [4.78, 5) is 16.3.